The van der Waals surface area contributed by atoms with Gasteiger partial charge in [0, 0.05) is 11.1 Å². The summed E-state index contributed by atoms with van der Waals surface area (Å²) in [4.78, 5) is 0.518. The second-order valence-electron chi connectivity index (χ2n) is 3.94. The van der Waals surface area contributed by atoms with Crippen molar-refractivity contribution in [1.82, 2.24) is 5.32 Å². The summed E-state index contributed by atoms with van der Waals surface area (Å²) in [5.74, 6) is -0.318. The molecule has 0 atom stereocenters. The maximum absolute atomic E-state index is 9.06. The van der Waals surface area contributed by atoms with E-state index in [1.165, 1.54) is 0 Å². The van der Waals surface area contributed by atoms with Crippen LogP contribution < -0.4 is 10.6 Å². The van der Waals surface area contributed by atoms with E-state index < -0.39 is 0 Å². The molecule has 0 amide bonds. The van der Waals surface area contributed by atoms with Gasteiger partial charge >= 0.3 is 0 Å². The lowest BCUT2D eigenvalue weighted by molar-refractivity contribution is 0.331. The minimum absolute atomic E-state index is 0.238. The molecule has 19 heavy (non-hydrogen) atoms. The number of aliphatic hydroxyl groups excluding tert-OH is 2. The quantitative estimate of drug-likeness (QED) is 0.510. The summed E-state index contributed by atoms with van der Waals surface area (Å²) in [6.07, 6.45) is 0.584. The molecule has 0 radical (unpaired) electrons. The number of hydrogen-bond acceptors (Lipinski definition) is 4. The van der Waals surface area contributed by atoms with Crippen LogP contribution in [0.25, 0.3) is 10.8 Å². The van der Waals surface area contributed by atoms with Gasteiger partial charge in [0.1, 0.15) is 6.26 Å². The van der Waals surface area contributed by atoms with Crippen molar-refractivity contribution >= 4 is 33.7 Å². The highest BCUT2D eigenvalue weighted by Gasteiger charge is 2.03. The Bertz CT molecular complexity index is 620. The Morgan fingerprint density at radius 3 is 2.68 bits per heavy atom. The van der Waals surface area contributed by atoms with E-state index in [0.29, 0.717) is 11.3 Å². The summed E-state index contributed by atoms with van der Waals surface area (Å²) in [7, 11) is 0. The SMILES string of the molecule is O/C=C(\O)NCC(=S)Nc1cccc2ccccc12. The van der Waals surface area contributed by atoms with Crippen LogP contribution in [-0.2, 0) is 0 Å². The molecule has 0 saturated heterocycles. The molecule has 0 saturated carbocycles. The topological polar surface area (TPSA) is 64.5 Å². The maximum atomic E-state index is 9.06. The van der Waals surface area contributed by atoms with Crippen molar-refractivity contribution < 1.29 is 10.2 Å². The van der Waals surface area contributed by atoms with Gasteiger partial charge in [0.2, 0.25) is 5.88 Å². The Morgan fingerprint density at radius 2 is 1.89 bits per heavy atom. The van der Waals surface area contributed by atoms with Crippen LogP contribution in [0.2, 0.25) is 0 Å². The summed E-state index contributed by atoms with van der Waals surface area (Å²) in [5, 5.41) is 25.5. The first-order valence-corrected chi connectivity index (χ1v) is 6.16. The van der Waals surface area contributed by atoms with Gasteiger partial charge in [-0.05, 0) is 11.5 Å². The fraction of sp³-hybridized carbons (Fsp3) is 0.0714. The Kier molecular flexibility index (Phi) is 4.20. The molecule has 0 aliphatic rings. The van der Waals surface area contributed by atoms with Crippen molar-refractivity contribution in [3.63, 3.8) is 0 Å². The third kappa shape index (κ3) is 3.35. The maximum Gasteiger partial charge on any atom is 0.220 e. The van der Waals surface area contributed by atoms with Crippen LogP contribution >= 0.6 is 12.2 Å². The molecule has 2 aromatic rings. The number of anilines is 1. The number of benzene rings is 2. The minimum atomic E-state index is -0.318. The fourth-order valence-corrected chi connectivity index (χ4v) is 1.93. The predicted octanol–water partition coefficient (Wildman–Crippen LogP) is 3.08. The van der Waals surface area contributed by atoms with Crippen LogP contribution in [0, 0.1) is 0 Å². The van der Waals surface area contributed by atoms with Gasteiger partial charge in [0.05, 0.1) is 11.5 Å². The molecule has 0 aliphatic carbocycles. The molecule has 0 spiro atoms. The van der Waals surface area contributed by atoms with Crippen molar-refractivity contribution in [2.75, 3.05) is 11.9 Å². The van der Waals surface area contributed by atoms with Gasteiger partial charge in [-0.15, -0.1) is 0 Å². The average molecular weight is 274 g/mol. The number of nitrogens with one attached hydrogen (secondary N) is 2. The van der Waals surface area contributed by atoms with Gasteiger partial charge < -0.3 is 20.8 Å². The van der Waals surface area contributed by atoms with Crippen LogP contribution in [0.1, 0.15) is 0 Å². The Labute approximate surface area is 116 Å². The highest BCUT2D eigenvalue weighted by atomic mass is 32.1. The van der Waals surface area contributed by atoms with Crippen LogP contribution in [0.15, 0.2) is 54.6 Å². The van der Waals surface area contributed by atoms with E-state index in [0.717, 1.165) is 16.5 Å². The molecular weight excluding hydrogens is 260 g/mol. The fourth-order valence-electron chi connectivity index (χ4n) is 1.75. The van der Waals surface area contributed by atoms with Crippen molar-refractivity contribution in [2.24, 2.45) is 0 Å². The molecule has 0 aliphatic heterocycles. The van der Waals surface area contributed by atoms with Gasteiger partial charge in [-0.3, -0.25) is 0 Å². The minimum Gasteiger partial charge on any atom is -0.510 e. The summed E-state index contributed by atoms with van der Waals surface area (Å²) in [6, 6.07) is 13.9. The van der Waals surface area contributed by atoms with Crippen LogP contribution in [0.3, 0.4) is 0 Å². The summed E-state index contributed by atoms with van der Waals surface area (Å²) >= 11 is 5.17. The third-order valence-corrected chi connectivity index (χ3v) is 2.86. The van der Waals surface area contributed by atoms with Gasteiger partial charge in [0.15, 0.2) is 0 Å². The van der Waals surface area contributed by atoms with Gasteiger partial charge in [-0.2, -0.15) is 0 Å². The zero-order valence-corrected chi connectivity index (χ0v) is 10.9. The lowest BCUT2D eigenvalue weighted by atomic mass is 10.1. The van der Waals surface area contributed by atoms with E-state index in [9.17, 15) is 0 Å². The molecule has 2 aromatic carbocycles. The van der Waals surface area contributed by atoms with Gasteiger partial charge in [-0.25, -0.2) is 0 Å². The first-order valence-electron chi connectivity index (χ1n) is 5.75. The van der Waals surface area contributed by atoms with E-state index in [4.69, 9.17) is 22.4 Å². The predicted molar refractivity (Wildman–Crippen MR) is 81.5 cm³/mol. The van der Waals surface area contributed by atoms with Crippen LogP contribution in [-0.4, -0.2) is 21.7 Å². The monoisotopic (exact) mass is 274 g/mol. The van der Waals surface area contributed by atoms with E-state index in [-0.39, 0.29) is 12.4 Å². The van der Waals surface area contributed by atoms with Crippen LogP contribution in [0.5, 0.6) is 0 Å². The van der Waals surface area contributed by atoms with E-state index >= 15 is 0 Å². The Balaban J connectivity index is 2.11. The highest BCUT2D eigenvalue weighted by molar-refractivity contribution is 7.80. The summed E-state index contributed by atoms with van der Waals surface area (Å²) < 4.78 is 0. The number of thiocarbonyl (C=S) groups is 1. The van der Waals surface area contributed by atoms with Crippen molar-refractivity contribution in [3.8, 4) is 0 Å². The smallest absolute Gasteiger partial charge is 0.220 e. The highest BCUT2D eigenvalue weighted by Crippen LogP contribution is 2.22. The van der Waals surface area contributed by atoms with E-state index in [1.807, 2.05) is 42.5 Å². The number of rotatable bonds is 4. The van der Waals surface area contributed by atoms with Crippen LogP contribution in [0.4, 0.5) is 5.69 Å². The first kappa shape index (κ1) is 13.2. The number of hydrogen-bond donors (Lipinski definition) is 4. The summed E-state index contributed by atoms with van der Waals surface area (Å²) in [5.41, 5.74) is 0.914. The lowest BCUT2D eigenvalue weighted by Crippen LogP contribution is -2.26. The first-order chi connectivity index (χ1) is 9.20. The van der Waals surface area contributed by atoms with Gasteiger partial charge in [0.25, 0.3) is 0 Å². The molecular formula is C14H14N2O2S. The zero-order valence-electron chi connectivity index (χ0n) is 10.1. The number of fused-ring (bicyclic) bond motifs is 1. The Morgan fingerprint density at radius 1 is 1.16 bits per heavy atom. The van der Waals surface area contributed by atoms with Crippen molar-refractivity contribution in [2.45, 2.75) is 0 Å². The average Bonchev–Trinajstić information content (AvgIpc) is 2.45. The molecule has 4 nitrogen and oxygen atoms in total. The van der Waals surface area contributed by atoms with Crippen molar-refractivity contribution in [3.05, 3.63) is 54.6 Å². The summed E-state index contributed by atoms with van der Waals surface area (Å²) in [6.45, 7) is 0.238. The number of aliphatic hydroxyl groups is 2. The Hall–Kier alpha value is -2.27. The van der Waals surface area contributed by atoms with E-state index in [2.05, 4.69) is 10.6 Å². The molecule has 4 N–H and O–H groups in total. The molecule has 0 bridgehead atoms. The third-order valence-electron chi connectivity index (χ3n) is 2.62. The van der Waals surface area contributed by atoms with Crippen molar-refractivity contribution in [1.29, 1.82) is 0 Å². The molecule has 0 heterocycles. The molecule has 98 valence electrons. The normalized spacial score (nSPS) is 11.3. The second kappa shape index (κ2) is 6.06. The molecule has 0 unspecified atom stereocenters. The second-order valence-corrected chi connectivity index (χ2v) is 4.44. The lowest BCUT2D eigenvalue weighted by Gasteiger charge is -2.11. The van der Waals surface area contributed by atoms with E-state index in [1.54, 1.807) is 0 Å². The molecule has 0 fully saturated rings. The molecule has 0 aromatic heterocycles. The zero-order chi connectivity index (χ0) is 13.7. The van der Waals surface area contributed by atoms with Gasteiger partial charge in [-0.1, -0.05) is 48.6 Å². The molecule has 2 rings (SSSR count). The standard InChI is InChI=1S/C14H14N2O2S/c17-9-13(18)15-8-14(19)16-12-7-3-5-10-4-1-2-6-11(10)12/h1-7,9,15,17-18H,8H2,(H,16,19)/b13-9-. The largest absolute Gasteiger partial charge is 0.510 e. The molecule has 5 heteroatoms.